The van der Waals surface area contributed by atoms with Crippen LogP contribution in [0.1, 0.15) is 16.1 Å². The predicted molar refractivity (Wildman–Crippen MR) is 127 cm³/mol. The van der Waals surface area contributed by atoms with Gasteiger partial charge >= 0.3 is 0 Å². The maximum atomic E-state index is 14.0. The number of pyridine rings is 1. The van der Waals surface area contributed by atoms with Crippen LogP contribution in [0.5, 0.6) is 5.75 Å². The summed E-state index contributed by atoms with van der Waals surface area (Å²) >= 11 is 0. The highest BCUT2D eigenvalue weighted by Crippen LogP contribution is 2.37. The molecule has 0 aliphatic heterocycles. The van der Waals surface area contributed by atoms with E-state index in [0.29, 0.717) is 16.7 Å². The van der Waals surface area contributed by atoms with Crippen LogP contribution in [0.2, 0.25) is 0 Å². The Morgan fingerprint density at radius 2 is 2.00 bits per heavy atom. The van der Waals surface area contributed by atoms with Gasteiger partial charge in [-0.15, -0.1) is 0 Å². The van der Waals surface area contributed by atoms with E-state index in [9.17, 15) is 24.4 Å². The fraction of sp³-hybridized carbons (Fsp3) is 0.120. The first kappa shape index (κ1) is 24.5. The highest BCUT2D eigenvalue weighted by atomic mass is 19.1. The van der Waals surface area contributed by atoms with Crippen LogP contribution < -0.4 is 10.1 Å². The number of anilines is 1. The van der Waals surface area contributed by atoms with Crippen LogP contribution in [-0.4, -0.2) is 34.8 Å². The molecule has 0 fully saturated rings. The number of nitro benzene ring substituents is 1. The quantitative estimate of drug-likeness (QED) is 0.193. The fourth-order valence-electron chi connectivity index (χ4n) is 3.54. The molecule has 0 aliphatic rings. The molecule has 0 atom stereocenters. The van der Waals surface area contributed by atoms with E-state index in [4.69, 9.17) is 13.9 Å². The van der Waals surface area contributed by atoms with Crippen molar-refractivity contribution in [1.82, 2.24) is 4.98 Å². The lowest BCUT2D eigenvalue weighted by Gasteiger charge is -2.17. The zero-order chi connectivity index (χ0) is 25.7. The van der Waals surface area contributed by atoms with Crippen molar-refractivity contribution in [2.24, 2.45) is 0 Å². The van der Waals surface area contributed by atoms with Gasteiger partial charge in [0.05, 0.1) is 23.5 Å². The van der Waals surface area contributed by atoms with Gasteiger partial charge in [-0.2, -0.15) is 0 Å². The van der Waals surface area contributed by atoms with Crippen molar-refractivity contribution in [2.75, 3.05) is 19.2 Å². The van der Waals surface area contributed by atoms with Crippen LogP contribution in [-0.2, 0) is 11.3 Å². The van der Waals surface area contributed by atoms with Gasteiger partial charge in [0.1, 0.15) is 17.4 Å². The number of benzene rings is 2. The van der Waals surface area contributed by atoms with Crippen molar-refractivity contribution in [3.05, 3.63) is 94.2 Å². The maximum Gasteiger partial charge on any atom is 0.292 e. The van der Waals surface area contributed by atoms with Crippen molar-refractivity contribution in [3.63, 3.8) is 0 Å². The summed E-state index contributed by atoms with van der Waals surface area (Å²) in [6, 6.07) is 14.2. The lowest BCUT2D eigenvalue weighted by molar-refractivity contribution is -0.384. The Morgan fingerprint density at radius 3 is 2.69 bits per heavy atom. The summed E-state index contributed by atoms with van der Waals surface area (Å²) < 4.78 is 29.6. The van der Waals surface area contributed by atoms with Crippen molar-refractivity contribution in [2.45, 2.75) is 6.61 Å². The molecule has 36 heavy (non-hydrogen) atoms. The number of hydrogen-bond acceptors (Lipinski definition) is 8. The molecule has 2 aromatic heterocycles. The zero-order valence-electron chi connectivity index (χ0n) is 18.9. The van der Waals surface area contributed by atoms with Gasteiger partial charge in [0, 0.05) is 36.4 Å². The van der Waals surface area contributed by atoms with Crippen LogP contribution >= 0.6 is 0 Å². The Bertz CT molecular complexity index is 1410. The van der Waals surface area contributed by atoms with Gasteiger partial charge in [-0.25, -0.2) is 9.37 Å². The number of amides is 1. The number of aromatic nitrogens is 1. The molecule has 2 aromatic carbocycles. The maximum absolute atomic E-state index is 14.0. The van der Waals surface area contributed by atoms with Crippen LogP contribution in [0.4, 0.5) is 15.9 Å². The molecule has 10 nitrogen and oxygen atoms in total. The number of nitrogens with one attached hydrogen (secondary N) is 1. The summed E-state index contributed by atoms with van der Waals surface area (Å²) in [4.78, 5) is 28.0. The molecular weight excluding hydrogens is 473 g/mol. The predicted octanol–water partition coefficient (Wildman–Crippen LogP) is 4.78. The van der Waals surface area contributed by atoms with E-state index in [1.807, 2.05) is 0 Å². The second-order valence-corrected chi connectivity index (χ2v) is 7.47. The van der Waals surface area contributed by atoms with Crippen molar-refractivity contribution in [1.29, 1.82) is 0 Å². The van der Waals surface area contributed by atoms with Gasteiger partial charge in [0.25, 0.3) is 11.6 Å². The molecule has 4 rings (SSSR count). The number of ether oxygens (including phenoxy) is 2. The molecule has 0 aliphatic carbocycles. The van der Waals surface area contributed by atoms with Gasteiger partial charge in [-0.3, -0.25) is 14.9 Å². The molecule has 0 unspecified atom stereocenters. The molecule has 1 amide bonds. The molecule has 2 heterocycles. The summed E-state index contributed by atoms with van der Waals surface area (Å²) in [5, 5.41) is 24.2. The molecule has 0 radical (unpaired) electrons. The summed E-state index contributed by atoms with van der Waals surface area (Å²) in [6.07, 6.45) is 1.33. The molecule has 2 N–H and O–H groups in total. The second-order valence-electron chi connectivity index (χ2n) is 7.47. The van der Waals surface area contributed by atoms with Crippen LogP contribution in [0, 0.1) is 15.9 Å². The van der Waals surface area contributed by atoms with E-state index in [-0.39, 0.29) is 41.1 Å². The largest absolute Gasteiger partial charge is 0.467 e. The first-order valence-corrected chi connectivity index (χ1v) is 10.6. The lowest BCUT2D eigenvalue weighted by atomic mass is 9.97. The molecule has 0 saturated heterocycles. The molecule has 0 saturated carbocycles. The number of methoxy groups -OCH3 is 1. The van der Waals surface area contributed by atoms with Gasteiger partial charge in [0.2, 0.25) is 0 Å². The van der Waals surface area contributed by atoms with Crippen LogP contribution in [0.25, 0.3) is 22.4 Å². The number of furan rings is 1. The number of nitro groups is 1. The third kappa shape index (κ3) is 5.22. The van der Waals surface area contributed by atoms with Gasteiger partial charge < -0.3 is 24.3 Å². The van der Waals surface area contributed by atoms with Crippen LogP contribution in [0.15, 0.2) is 71.3 Å². The summed E-state index contributed by atoms with van der Waals surface area (Å²) in [5.74, 6) is -1.07. The van der Waals surface area contributed by atoms with E-state index >= 15 is 0 Å². The third-order valence-corrected chi connectivity index (χ3v) is 5.18. The Morgan fingerprint density at radius 1 is 1.17 bits per heavy atom. The highest BCUT2D eigenvalue weighted by Gasteiger charge is 2.21. The average Bonchev–Trinajstić information content (AvgIpc) is 3.42. The number of aliphatic hydroxyl groups is 1. The molecule has 184 valence electrons. The Labute approximate surface area is 204 Å². The molecule has 0 bridgehead atoms. The summed E-state index contributed by atoms with van der Waals surface area (Å²) in [5.41, 5.74) is 1.41. The van der Waals surface area contributed by atoms with Crippen molar-refractivity contribution >= 4 is 17.4 Å². The monoisotopic (exact) mass is 493 g/mol. The average molecular weight is 493 g/mol. The zero-order valence-corrected chi connectivity index (χ0v) is 18.9. The molecule has 0 spiro atoms. The fourth-order valence-corrected chi connectivity index (χ4v) is 3.54. The molecule has 4 aromatic rings. The number of carbonyl (C=O) groups excluding carboxylic acids is 1. The van der Waals surface area contributed by atoms with Gasteiger partial charge in [0.15, 0.2) is 12.6 Å². The van der Waals surface area contributed by atoms with Crippen molar-refractivity contribution in [3.8, 4) is 28.1 Å². The summed E-state index contributed by atoms with van der Waals surface area (Å²) in [6.45, 7) is -0.708. The van der Waals surface area contributed by atoms with E-state index < -0.39 is 23.3 Å². The smallest absolute Gasteiger partial charge is 0.292 e. The topological polar surface area (TPSA) is 137 Å². The minimum absolute atomic E-state index is 0.00823. The van der Waals surface area contributed by atoms with Gasteiger partial charge in [-0.1, -0.05) is 12.1 Å². The molecule has 11 heteroatoms. The van der Waals surface area contributed by atoms with Gasteiger partial charge in [-0.05, 0) is 41.5 Å². The number of halogens is 1. The van der Waals surface area contributed by atoms with E-state index in [1.165, 1.54) is 55.8 Å². The molecular formula is C25H20FN3O7. The number of hydrogen-bond donors (Lipinski definition) is 2. The van der Waals surface area contributed by atoms with E-state index in [2.05, 4.69) is 10.3 Å². The van der Waals surface area contributed by atoms with Crippen LogP contribution in [0.3, 0.4) is 0 Å². The summed E-state index contributed by atoms with van der Waals surface area (Å²) in [7, 11) is 1.41. The van der Waals surface area contributed by atoms with Crippen molar-refractivity contribution < 1.29 is 33.1 Å². The second kappa shape index (κ2) is 10.8. The highest BCUT2D eigenvalue weighted by molar-refractivity contribution is 6.02. The van der Waals surface area contributed by atoms with E-state index in [1.54, 1.807) is 12.1 Å². The normalized spacial score (nSPS) is 10.8. The Balaban J connectivity index is 1.93. The number of rotatable bonds is 9. The number of non-ortho nitro benzene ring substituents is 1. The van der Waals surface area contributed by atoms with E-state index in [0.717, 1.165) is 6.07 Å². The first-order chi connectivity index (χ1) is 17.4. The minimum Gasteiger partial charge on any atom is -0.467 e. The first-order valence-electron chi connectivity index (χ1n) is 10.6. The standard InChI is InChI=1S/C25H20FN3O7/c1-34-14-36-23-11-16(26)7-8-18(23)21-12-19(15-4-2-5-17(10-15)29(32)33)20(13-30)24(27-21)28-25(31)22-6-3-9-35-22/h2-12,30H,13-14H2,1H3,(H,27,28,31). The third-order valence-electron chi connectivity index (χ3n) is 5.18. The Hall–Kier alpha value is -4.61. The number of carbonyl (C=O) groups is 1. The Kier molecular flexibility index (Phi) is 7.33. The number of aliphatic hydroxyl groups excluding tert-OH is 1. The SMILES string of the molecule is COCOc1cc(F)ccc1-c1cc(-c2cccc([N+](=O)[O-])c2)c(CO)c(NC(=O)c2ccco2)n1. The minimum atomic E-state index is -0.626. The number of nitrogens with zero attached hydrogens (tertiary/aromatic N) is 2. The lowest BCUT2D eigenvalue weighted by Crippen LogP contribution is -2.15.